The second kappa shape index (κ2) is 11.0. The fourth-order valence-electron chi connectivity index (χ4n) is 1.33. The first kappa shape index (κ1) is 14.5. The second-order valence-corrected chi connectivity index (χ2v) is 3.32. The summed E-state index contributed by atoms with van der Waals surface area (Å²) in [5, 5.41) is 3.25. The van der Waals surface area contributed by atoms with Gasteiger partial charge < -0.3 is 5.32 Å². The van der Waals surface area contributed by atoms with Crippen molar-refractivity contribution in [2.24, 2.45) is 5.92 Å². The van der Waals surface area contributed by atoms with E-state index in [-0.39, 0.29) is 0 Å². The summed E-state index contributed by atoms with van der Waals surface area (Å²) in [6.07, 6.45) is 3.99. The molecule has 0 aromatic carbocycles. The van der Waals surface area contributed by atoms with Gasteiger partial charge in [-0.1, -0.05) is 40.5 Å². The zero-order chi connectivity index (χ0) is 9.98. The lowest BCUT2D eigenvalue weighted by atomic mass is 9.98. The molecule has 0 aliphatic heterocycles. The molecule has 1 N–H and O–H groups in total. The molecule has 0 aliphatic carbocycles. The van der Waals surface area contributed by atoms with E-state index in [1.807, 2.05) is 20.9 Å². The zero-order valence-electron chi connectivity index (χ0n) is 9.78. The van der Waals surface area contributed by atoms with Crippen molar-refractivity contribution < 1.29 is 0 Å². The van der Waals surface area contributed by atoms with E-state index in [4.69, 9.17) is 0 Å². The highest BCUT2D eigenvalue weighted by Crippen LogP contribution is 2.11. The molecule has 2 atom stereocenters. The number of hydrogen-bond donors (Lipinski definition) is 1. The average molecular weight is 173 g/mol. The van der Waals surface area contributed by atoms with E-state index in [0.717, 1.165) is 5.92 Å². The quantitative estimate of drug-likeness (QED) is 0.671. The lowest BCUT2D eigenvalue weighted by Crippen LogP contribution is -2.23. The van der Waals surface area contributed by atoms with Crippen LogP contribution in [0, 0.1) is 5.92 Å². The zero-order valence-corrected chi connectivity index (χ0v) is 9.78. The lowest BCUT2D eigenvalue weighted by molar-refractivity contribution is 0.416. The maximum Gasteiger partial charge on any atom is 0.00382 e. The highest BCUT2D eigenvalue weighted by Gasteiger charge is 2.04. The molecule has 0 aliphatic rings. The monoisotopic (exact) mass is 173 g/mol. The highest BCUT2D eigenvalue weighted by molar-refractivity contribution is 4.62. The molecule has 1 heteroatoms. The molecule has 0 aromatic rings. The van der Waals surface area contributed by atoms with Crippen molar-refractivity contribution in [1.82, 2.24) is 5.32 Å². The molecule has 0 radical (unpaired) electrons. The van der Waals surface area contributed by atoms with Gasteiger partial charge >= 0.3 is 0 Å². The summed E-state index contributed by atoms with van der Waals surface area (Å²) in [6, 6.07) is 0.682. The van der Waals surface area contributed by atoms with E-state index in [1.54, 1.807) is 0 Å². The van der Waals surface area contributed by atoms with E-state index in [2.05, 4.69) is 26.1 Å². The SMILES string of the molecule is CC.CCCC(C)CC(C)NC. The molecule has 12 heavy (non-hydrogen) atoms. The van der Waals surface area contributed by atoms with Crippen molar-refractivity contribution in [2.45, 2.75) is 59.9 Å². The van der Waals surface area contributed by atoms with Crippen molar-refractivity contribution in [2.75, 3.05) is 7.05 Å². The standard InChI is InChI=1S/C9H21N.C2H6/c1-5-6-8(2)7-9(3)10-4;1-2/h8-10H,5-7H2,1-4H3;1-2H3. The van der Waals surface area contributed by atoms with Crippen LogP contribution < -0.4 is 5.32 Å². The molecule has 0 amide bonds. The van der Waals surface area contributed by atoms with Crippen LogP contribution in [-0.2, 0) is 0 Å². The van der Waals surface area contributed by atoms with Crippen LogP contribution in [0.15, 0.2) is 0 Å². The summed E-state index contributed by atoms with van der Waals surface area (Å²) in [5.41, 5.74) is 0. The minimum absolute atomic E-state index is 0.682. The van der Waals surface area contributed by atoms with Gasteiger partial charge in [-0.2, -0.15) is 0 Å². The van der Waals surface area contributed by atoms with Crippen molar-refractivity contribution in [3.8, 4) is 0 Å². The number of nitrogens with one attached hydrogen (secondary N) is 1. The summed E-state index contributed by atoms with van der Waals surface area (Å²) in [7, 11) is 2.03. The Hall–Kier alpha value is -0.0400. The Morgan fingerprint density at radius 1 is 1.17 bits per heavy atom. The van der Waals surface area contributed by atoms with E-state index in [0.29, 0.717) is 6.04 Å². The van der Waals surface area contributed by atoms with Crippen LogP contribution in [0.2, 0.25) is 0 Å². The van der Waals surface area contributed by atoms with Gasteiger partial charge in [-0.3, -0.25) is 0 Å². The van der Waals surface area contributed by atoms with Crippen LogP contribution in [0.25, 0.3) is 0 Å². The average Bonchev–Trinajstić information content (AvgIpc) is 2.08. The summed E-state index contributed by atoms with van der Waals surface area (Å²) >= 11 is 0. The first-order valence-corrected chi connectivity index (χ1v) is 5.38. The summed E-state index contributed by atoms with van der Waals surface area (Å²) in [5.74, 6) is 0.882. The molecule has 0 heterocycles. The lowest BCUT2D eigenvalue weighted by Gasteiger charge is -2.15. The van der Waals surface area contributed by atoms with Crippen LogP contribution in [0.1, 0.15) is 53.9 Å². The smallest absolute Gasteiger partial charge is 0.00382 e. The molecule has 0 aromatic heterocycles. The minimum Gasteiger partial charge on any atom is -0.317 e. The molecular formula is C11H27N. The molecule has 1 nitrogen and oxygen atoms in total. The van der Waals surface area contributed by atoms with Crippen molar-refractivity contribution in [1.29, 1.82) is 0 Å². The molecule has 0 fully saturated rings. The highest BCUT2D eigenvalue weighted by atomic mass is 14.8. The van der Waals surface area contributed by atoms with Crippen molar-refractivity contribution in [3.05, 3.63) is 0 Å². The third-order valence-corrected chi connectivity index (χ3v) is 2.03. The summed E-state index contributed by atoms with van der Waals surface area (Å²) in [6.45, 7) is 10.8. The number of hydrogen-bond acceptors (Lipinski definition) is 1. The fraction of sp³-hybridized carbons (Fsp3) is 1.00. The first-order valence-electron chi connectivity index (χ1n) is 5.38. The summed E-state index contributed by atoms with van der Waals surface area (Å²) in [4.78, 5) is 0. The maximum absolute atomic E-state index is 3.25. The van der Waals surface area contributed by atoms with Crippen LogP contribution in [0.4, 0.5) is 0 Å². The minimum atomic E-state index is 0.682. The molecule has 2 unspecified atom stereocenters. The van der Waals surface area contributed by atoms with Crippen molar-refractivity contribution >= 4 is 0 Å². The maximum atomic E-state index is 3.25. The van der Waals surface area contributed by atoms with Crippen LogP contribution in [0.3, 0.4) is 0 Å². The normalized spacial score (nSPS) is 14.5. The third-order valence-electron chi connectivity index (χ3n) is 2.03. The molecular weight excluding hydrogens is 146 g/mol. The van der Waals surface area contributed by atoms with Gasteiger partial charge in [0.1, 0.15) is 0 Å². The molecule has 0 saturated heterocycles. The fourth-order valence-corrected chi connectivity index (χ4v) is 1.33. The molecule has 0 saturated carbocycles. The Morgan fingerprint density at radius 2 is 1.67 bits per heavy atom. The molecule has 0 bridgehead atoms. The Bertz CT molecular complexity index is 71.4. The van der Waals surface area contributed by atoms with Gasteiger partial charge in [-0.05, 0) is 26.3 Å². The predicted molar refractivity (Wildman–Crippen MR) is 58.6 cm³/mol. The third kappa shape index (κ3) is 9.96. The van der Waals surface area contributed by atoms with Crippen LogP contribution in [-0.4, -0.2) is 13.1 Å². The second-order valence-electron chi connectivity index (χ2n) is 3.32. The van der Waals surface area contributed by atoms with Gasteiger partial charge in [-0.25, -0.2) is 0 Å². The molecule has 0 rings (SSSR count). The van der Waals surface area contributed by atoms with E-state index in [9.17, 15) is 0 Å². The van der Waals surface area contributed by atoms with E-state index >= 15 is 0 Å². The Balaban J connectivity index is 0. The van der Waals surface area contributed by atoms with Gasteiger partial charge in [0.05, 0.1) is 0 Å². The van der Waals surface area contributed by atoms with E-state index in [1.165, 1.54) is 19.3 Å². The summed E-state index contributed by atoms with van der Waals surface area (Å²) < 4.78 is 0. The van der Waals surface area contributed by atoms with Gasteiger partial charge in [0.25, 0.3) is 0 Å². The van der Waals surface area contributed by atoms with Gasteiger partial charge in [0, 0.05) is 6.04 Å². The van der Waals surface area contributed by atoms with Gasteiger partial charge in [0.15, 0.2) is 0 Å². The number of rotatable bonds is 5. The largest absolute Gasteiger partial charge is 0.317 e. The van der Waals surface area contributed by atoms with E-state index < -0.39 is 0 Å². The van der Waals surface area contributed by atoms with Crippen molar-refractivity contribution in [3.63, 3.8) is 0 Å². The Kier molecular flexibility index (Phi) is 13.2. The topological polar surface area (TPSA) is 12.0 Å². The van der Waals surface area contributed by atoms with Gasteiger partial charge in [0.2, 0.25) is 0 Å². The molecule has 76 valence electrons. The predicted octanol–water partition coefficient (Wildman–Crippen LogP) is 3.45. The first-order chi connectivity index (χ1) is 5.70. The van der Waals surface area contributed by atoms with Crippen LogP contribution in [0.5, 0.6) is 0 Å². The van der Waals surface area contributed by atoms with Crippen LogP contribution >= 0.6 is 0 Å². The Labute approximate surface area is 78.9 Å². The van der Waals surface area contributed by atoms with Gasteiger partial charge in [-0.15, -0.1) is 0 Å². The Morgan fingerprint density at radius 3 is 2.00 bits per heavy atom. The molecule has 0 spiro atoms.